The van der Waals surface area contributed by atoms with Crippen LogP contribution < -0.4 is 5.32 Å². The summed E-state index contributed by atoms with van der Waals surface area (Å²) in [6.45, 7) is 7.22. The summed E-state index contributed by atoms with van der Waals surface area (Å²) < 4.78 is 7.12. The standard InChI is InChI=1S/C30H39N7O2/c1-23-9-11-27(12-10-23)37-29(33-30(38)26-21-31-15-5-6-16-35(3)32-22-26)20-28(34-37)25-8-7-17-36(18-13-25)24(2)14-19-39-4/h9-12,15,20-22,24-25H,5,7-8,13-14,17-19H2,1-4H3,(H,33,38)/b26-21-,31-15?,32-22-. The van der Waals surface area contributed by atoms with Gasteiger partial charge in [-0.3, -0.25) is 9.79 Å². The quantitative estimate of drug-likeness (QED) is 0.514. The van der Waals surface area contributed by atoms with Crippen molar-refractivity contribution in [1.29, 1.82) is 0 Å². The number of hydrogen-bond acceptors (Lipinski definition) is 7. The number of hydrogen-bond donors (Lipinski definition) is 1. The molecule has 2 unspecified atom stereocenters. The Morgan fingerprint density at radius 1 is 1.23 bits per heavy atom. The summed E-state index contributed by atoms with van der Waals surface area (Å²) in [7, 11) is 3.50. The summed E-state index contributed by atoms with van der Waals surface area (Å²) in [5, 5.41) is 13.8. The Balaban J connectivity index is 1.58. The number of likely N-dealkylation sites (tertiary alicyclic amines) is 1. The minimum absolute atomic E-state index is 0.309. The zero-order valence-corrected chi connectivity index (χ0v) is 23.4. The molecular weight excluding hydrogens is 490 g/mol. The van der Waals surface area contributed by atoms with Crippen molar-refractivity contribution in [2.75, 3.05) is 39.2 Å². The number of hydrazone groups is 1. The van der Waals surface area contributed by atoms with Gasteiger partial charge < -0.3 is 15.0 Å². The molecule has 2 atom stereocenters. The molecule has 9 heteroatoms. The highest BCUT2D eigenvalue weighted by atomic mass is 16.5. The number of methoxy groups -OCH3 is 1. The van der Waals surface area contributed by atoms with Gasteiger partial charge in [0.2, 0.25) is 0 Å². The molecule has 0 bridgehead atoms. The lowest BCUT2D eigenvalue weighted by Crippen LogP contribution is -2.34. The van der Waals surface area contributed by atoms with Crippen LogP contribution in [0.15, 0.2) is 52.2 Å². The molecule has 1 aromatic carbocycles. The first kappa shape index (κ1) is 28.3. The number of carbonyl (C=O) groups excluding carboxylic acids is 1. The van der Waals surface area contributed by atoms with Gasteiger partial charge in [0, 0.05) is 63.7 Å². The van der Waals surface area contributed by atoms with Gasteiger partial charge in [-0.15, -0.1) is 0 Å². The van der Waals surface area contributed by atoms with E-state index in [1.807, 2.05) is 22.9 Å². The summed E-state index contributed by atoms with van der Waals surface area (Å²) in [4.78, 5) is 20.1. The van der Waals surface area contributed by atoms with E-state index in [0.717, 1.165) is 62.3 Å². The molecule has 1 N–H and O–H groups in total. The van der Waals surface area contributed by atoms with E-state index in [-0.39, 0.29) is 5.91 Å². The third-order valence-corrected chi connectivity index (χ3v) is 7.18. The molecule has 4 rings (SSSR count). The maximum Gasteiger partial charge on any atom is 0.260 e. The van der Waals surface area contributed by atoms with E-state index in [4.69, 9.17) is 9.84 Å². The van der Waals surface area contributed by atoms with Crippen LogP contribution in [-0.4, -0.2) is 77.9 Å². The predicted octanol–water partition coefficient (Wildman–Crippen LogP) is 4.35. The van der Waals surface area contributed by atoms with Crippen molar-refractivity contribution < 1.29 is 9.53 Å². The summed E-state index contributed by atoms with van der Waals surface area (Å²) in [6.07, 6.45) is 9.37. The second kappa shape index (κ2) is 13.9. The van der Waals surface area contributed by atoms with Crippen LogP contribution in [0.3, 0.4) is 0 Å². The zero-order chi connectivity index (χ0) is 27.6. The van der Waals surface area contributed by atoms with Gasteiger partial charge in [0.15, 0.2) is 0 Å². The molecule has 1 aromatic heterocycles. The largest absolute Gasteiger partial charge is 0.385 e. The first-order valence-electron chi connectivity index (χ1n) is 13.6. The SMILES string of the molecule is COCCC(C)N1CCCC(c2cc(NC(=O)C3=C\N=CCC#CN(C)/N=C\3)n(-c3ccc(C)cc3)n2)CC1. The minimum Gasteiger partial charge on any atom is -0.385 e. The third-order valence-electron chi connectivity index (χ3n) is 7.18. The molecule has 0 spiro atoms. The molecule has 206 valence electrons. The van der Waals surface area contributed by atoms with Crippen LogP contribution in [0.2, 0.25) is 0 Å². The van der Waals surface area contributed by atoms with Gasteiger partial charge in [0.05, 0.1) is 23.2 Å². The molecule has 1 fully saturated rings. The van der Waals surface area contributed by atoms with Crippen LogP contribution in [0.1, 0.15) is 56.2 Å². The predicted molar refractivity (Wildman–Crippen MR) is 156 cm³/mol. The Morgan fingerprint density at radius 2 is 2.05 bits per heavy atom. The van der Waals surface area contributed by atoms with Crippen LogP contribution >= 0.6 is 0 Å². The number of nitrogens with one attached hydrogen (secondary N) is 1. The molecular formula is C30H39N7O2. The van der Waals surface area contributed by atoms with E-state index < -0.39 is 0 Å². The third kappa shape index (κ3) is 7.88. The Bertz CT molecular complexity index is 1270. The number of anilines is 1. The van der Waals surface area contributed by atoms with Crippen molar-refractivity contribution in [2.24, 2.45) is 10.1 Å². The molecule has 2 aliphatic heterocycles. The zero-order valence-electron chi connectivity index (χ0n) is 23.4. The summed E-state index contributed by atoms with van der Waals surface area (Å²) in [5.41, 5.74) is 3.39. The Morgan fingerprint density at radius 3 is 2.85 bits per heavy atom. The first-order valence-corrected chi connectivity index (χ1v) is 13.6. The maximum absolute atomic E-state index is 13.4. The normalized spacial score (nSPS) is 21.2. The van der Waals surface area contributed by atoms with Gasteiger partial charge in [-0.2, -0.15) is 10.2 Å². The van der Waals surface area contributed by atoms with Crippen LogP contribution in [0.25, 0.3) is 5.69 Å². The number of carbonyl (C=O) groups is 1. The number of nitrogens with zero attached hydrogens (tertiary/aromatic N) is 6. The lowest BCUT2D eigenvalue weighted by molar-refractivity contribution is -0.112. The molecule has 1 saturated heterocycles. The van der Waals surface area contributed by atoms with Crippen LogP contribution in [0, 0.1) is 18.9 Å². The molecule has 0 saturated carbocycles. The van der Waals surface area contributed by atoms with Gasteiger partial charge in [-0.25, -0.2) is 9.69 Å². The highest BCUT2D eigenvalue weighted by Crippen LogP contribution is 2.31. The van der Waals surface area contributed by atoms with Crippen molar-refractivity contribution in [3.05, 3.63) is 53.4 Å². The molecule has 0 radical (unpaired) electrons. The van der Waals surface area contributed by atoms with E-state index in [1.54, 1.807) is 20.4 Å². The molecule has 0 aliphatic carbocycles. The van der Waals surface area contributed by atoms with Crippen LogP contribution in [0.4, 0.5) is 5.82 Å². The van der Waals surface area contributed by atoms with Gasteiger partial charge in [-0.05, 0) is 64.8 Å². The summed E-state index contributed by atoms with van der Waals surface area (Å²) in [5.74, 6) is 3.57. The fourth-order valence-electron chi connectivity index (χ4n) is 4.81. The Kier molecular flexibility index (Phi) is 10.1. The second-order valence-electron chi connectivity index (χ2n) is 10.1. The Hall–Kier alpha value is -3.74. The van der Waals surface area contributed by atoms with Gasteiger partial charge in [0.1, 0.15) is 5.82 Å². The minimum atomic E-state index is -0.309. The fraction of sp³-hybridized carbons (Fsp3) is 0.467. The van der Waals surface area contributed by atoms with E-state index in [9.17, 15) is 4.79 Å². The van der Waals surface area contributed by atoms with Gasteiger partial charge >= 0.3 is 0 Å². The summed E-state index contributed by atoms with van der Waals surface area (Å²) in [6, 6.07) is 13.5. The average Bonchev–Trinajstić information content (AvgIpc) is 3.18. The maximum atomic E-state index is 13.4. The summed E-state index contributed by atoms with van der Waals surface area (Å²) >= 11 is 0. The lowest BCUT2D eigenvalue weighted by Gasteiger charge is -2.27. The fourth-order valence-corrected chi connectivity index (χ4v) is 4.81. The number of amides is 1. The number of ether oxygens (including phenoxy) is 1. The number of aromatic nitrogens is 2. The van der Waals surface area contributed by atoms with E-state index in [1.165, 1.54) is 17.4 Å². The number of benzene rings is 1. The molecule has 3 heterocycles. The molecule has 2 aliphatic rings. The van der Waals surface area contributed by atoms with Crippen molar-refractivity contribution >= 4 is 24.2 Å². The number of aryl methyl sites for hydroxylation is 1. The van der Waals surface area contributed by atoms with Gasteiger partial charge in [0.25, 0.3) is 5.91 Å². The molecule has 9 nitrogen and oxygen atoms in total. The topological polar surface area (TPSA) is 87.4 Å². The lowest BCUT2D eigenvalue weighted by atomic mass is 9.97. The second-order valence-corrected chi connectivity index (χ2v) is 10.1. The Labute approximate surface area is 231 Å². The van der Waals surface area contributed by atoms with Gasteiger partial charge in [-0.1, -0.05) is 23.6 Å². The monoisotopic (exact) mass is 529 g/mol. The highest BCUT2D eigenvalue weighted by Gasteiger charge is 2.25. The van der Waals surface area contributed by atoms with Crippen molar-refractivity contribution in [2.45, 2.75) is 57.9 Å². The smallest absolute Gasteiger partial charge is 0.260 e. The van der Waals surface area contributed by atoms with E-state index >= 15 is 0 Å². The molecule has 2 aromatic rings. The highest BCUT2D eigenvalue weighted by molar-refractivity contribution is 6.17. The van der Waals surface area contributed by atoms with Crippen molar-refractivity contribution in [3.63, 3.8) is 0 Å². The van der Waals surface area contributed by atoms with Crippen molar-refractivity contribution in [3.8, 4) is 17.7 Å². The average molecular weight is 530 g/mol. The number of rotatable bonds is 8. The van der Waals surface area contributed by atoms with E-state index in [2.05, 4.69) is 58.3 Å². The number of aliphatic imine (C=N–C) groups is 1. The van der Waals surface area contributed by atoms with Crippen LogP contribution in [0.5, 0.6) is 0 Å². The molecule has 1 amide bonds. The first-order chi connectivity index (χ1) is 18.9. The van der Waals surface area contributed by atoms with Crippen molar-refractivity contribution in [1.82, 2.24) is 19.7 Å². The molecule has 39 heavy (non-hydrogen) atoms. The van der Waals surface area contributed by atoms with Crippen LogP contribution in [-0.2, 0) is 9.53 Å². The van der Waals surface area contributed by atoms with E-state index in [0.29, 0.717) is 29.8 Å².